The summed E-state index contributed by atoms with van der Waals surface area (Å²) in [6, 6.07) is 10.6. The van der Waals surface area contributed by atoms with Gasteiger partial charge in [0.2, 0.25) is 0 Å². The van der Waals surface area contributed by atoms with Gasteiger partial charge in [0.15, 0.2) is 0 Å². The van der Waals surface area contributed by atoms with Crippen molar-refractivity contribution in [2.45, 2.75) is 51.0 Å². The lowest BCUT2D eigenvalue weighted by Gasteiger charge is -2.37. The summed E-state index contributed by atoms with van der Waals surface area (Å²) in [7, 11) is 0. The second kappa shape index (κ2) is 5.31. The summed E-state index contributed by atoms with van der Waals surface area (Å²) in [6.07, 6.45) is 5.26. The molecule has 2 aliphatic carbocycles. The molecule has 3 rings (SSSR count). The predicted octanol–water partition coefficient (Wildman–Crippen LogP) is 3.75. The van der Waals surface area contributed by atoms with Gasteiger partial charge >= 0.3 is 0 Å². The van der Waals surface area contributed by atoms with E-state index >= 15 is 0 Å². The number of aliphatic hydroxyl groups is 1. The zero-order valence-electron chi connectivity index (χ0n) is 12.8. The third-order valence-corrected chi connectivity index (χ3v) is 5.27. The highest BCUT2D eigenvalue weighted by molar-refractivity contribution is 5.45. The van der Waals surface area contributed by atoms with Crippen LogP contribution in [0.15, 0.2) is 35.9 Å². The molecule has 2 aliphatic rings. The zero-order chi connectivity index (χ0) is 15.0. The molecule has 0 saturated carbocycles. The molecule has 0 saturated heterocycles. The Bertz CT molecular complexity index is 612. The molecule has 0 fully saturated rings. The van der Waals surface area contributed by atoms with E-state index in [-0.39, 0.29) is 5.92 Å². The van der Waals surface area contributed by atoms with Crippen molar-refractivity contribution in [3.63, 3.8) is 0 Å². The lowest BCUT2D eigenvalue weighted by molar-refractivity contribution is 0.0411. The number of hydrogen-bond donors (Lipinski definition) is 1. The van der Waals surface area contributed by atoms with E-state index in [1.807, 2.05) is 18.2 Å². The maximum atomic E-state index is 11.1. The Morgan fingerprint density at radius 2 is 2.14 bits per heavy atom. The van der Waals surface area contributed by atoms with Gasteiger partial charge in [-0.25, -0.2) is 0 Å². The minimum atomic E-state index is -0.710. The van der Waals surface area contributed by atoms with Crippen LogP contribution >= 0.6 is 0 Å². The van der Waals surface area contributed by atoms with Gasteiger partial charge in [0, 0.05) is 0 Å². The predicted molar refractivity (Wildman–Crippen MR) is 83.7 cm³/mol. The monoisotopic (exact) mass is 281 g/mol. The topological polar surface area (TPSA) is 44.0 Å². The summed E-state index contributed by atoms with van der Waals surface area (Å²) in [6.45, 7) is 4.33. The van der Waals surface area contributed by atoms with Crippen molar-refractivity contribution in [1.82, 2.24) is 0 Å². The van der Waals surface area contributed by atoms with Crippen molar-refractivity contribution in [2.24, 2.45) is 11.8 Å². The highest BCUT2D eigenvalue weighted by Gasteiger charge is 2.48. The lowest BCUT2D eigenvalue weighted by Crippen LogP contribution is -2.43. The van der Waals surface area contributed by atoms with Crippen LogP contribution in [-0.2, 0) is 11.8 Å². The minimum Gasteiger partial charge on any atom is -0.391 e. The van der Waals surface area contributed by atoms with Crippen molar-refractivity contribution >= 4 is 0 Å². The molecule has 0 radical (unpaired) electrons. The van der Waals surface area contributed by atoms with Crippen LogP contribution < -0.4 is 0 Å². The molecule has 0 aromatic heterocycles. The summed E-state index contributed by atoms with van der Waals surface area (Å²) < 4.78 is 0. The molecule has 0 heterocycles. The van der Waals surface area contributed by atoms with Gasteiger partial charge < -0.3 is 5.11 Å². The van der Waals surface area contributed by atoms with Gasteiger partial charge in [-0.1, -0.05) is 42.8 Å². The first kappa shape index (κ1) is 14.4. The third-order valence-electron chi connectivity index (χ3n) is 5.27. The van der Waals surface area contributed by atoms with E-state index < -0.39 is 11.5 Å². The van der Waals surface area contributed by atoms with E-state index in [1.165, 1.54) is 11.1 Å². The number of aryl methyl sites for hydroxylation is 1. The van der Waals surface area contributed by atoms with Crippen molar-refractivity contribution in [1.29, 1.82) is 5.26 Å². The van der Waals surface area contributed by atoms with Gasteiger partial charge in [0.25, 0.3) is 0 Å². The molecule has 1 aromatic carbocycles. The number of benzene rings is 1. The second-order valence-electron chi connectivity index (χ2n) is 6.88. The van der Waals surface area contributed by atoms with Crippen molar-refractivity contribution in [2.75, 3.05) is 0 Å². The standard InChI is InChI=1S/C19H23NO/c1-13-9-14(2)11-16(10-13)18(21)19(12-20)8-7-15-5-3-4-6-17(15)19/h3-6,9,13,16,18,21H,7-8,10-11H2,1-2H3. The van der Waals surface area contributed by atoms with Gasteiger partial charge in [-0.15, -0.1) is 0 Å². The fourth-order valence-corrected chi connectivity index (χ4v) is 4.37. The van der Waals surface area contributed by atoms with E-state index in [0.29, 0.717) is 5.92 Å². The highest BCUT2D eigenvalue weighted by Crippen LogP contribution is 2.46. The number of nitriles is 1. The lowest BCUT2D eigenvalue weighted by atomic mass is 9.68. The molecule has 2 nitrogen and oxygen atoms in total. The Hall–Kier alpha value is -1.59. The second-order valence-corrected chi connectivity index (χ2v) is 6.88. The van der Waals surface area contributed by atoms with Crippen molar-refractivity contribution in [3.05, 3.63) is 47.0 Å². The largest absolute Gasteiger partial charge is 0.391 e. The number of hydrogen-bond acceptors (Lipinski definition) is 2. The molecular formula is C19H23NO. The quantitative estimate of drug-likeness (QED) is 0.839. The van der Waals surface area contributed by atoms with Crippen LogP contribution in [0.1, 0.15) is 44.2 Å². The first-order chi connectivity index (χ1) is 10.1. The van der Waals surface area contributed by atoms with Gasteiger partial charge in [-0.05, 0) is 55.6 Å². The number of fused-ring (bicyclic) bond motifs is 1. The average Bonchev–Trinajstić information content (AvgIpc) is 2.85. The summed E-state index contributed by atoms with van der Waals surface area (Å²) in [5.74, 6) is 0.682. The zero-order valence-corrected chi connectivity index (χ0v) is 12.8. The van der Waals surface area contributed by atoms with Crippen LogP contribution in [0.3, 0.4) is 0 Å². The van der Waals surface area contributed by atoms with Crippen LogP contribution in [0.5, 0.6) is 0 Å². The van der Waals surface area contributed by atoms with E-state index in [4.69, 9.17) is 0 Å². The SMILES string of the molecule is CC1=CC(C)CC(C(O)C2(C#N)CCc3ccccc32)C1. The highest BCUT2D eigenvalue weighted by atomic mass is 16.3. The average molecular weight is 281 g/mol. The summed E-state index contributed by atoms with van der Waals surface area (Å²) in [5.41, 5.74) is 2.92. The fourth-order valence-electron chi connectivity index (χ4n) is 4.37. The number of aliphatic hydroxyl groups excluding tert-OH is 1. The van der Waals surface area contributed by atoms with Gasteiger partial charge in [-0.3, -0.25) is 0 Å². The first-order valence-electron chi connectivity index (χ1n) is 7.92. The number of nitrogens with zero attached hydrogens (tertiary/aromatic N) is 1. The van der Waals surface area contributed by atoms with E-state index in [9.17, 15) is 10.4 Å². The molecule has 0 amide bonds. The van der Waals surface area contributed by atoms with Crippen molar-refractivity contribution in [3.8, 4) is 6.07 Å². The normalized spacial score (nSPS) is 33.0. The molecule has 110 valence electrons. The summed E-state index contributed by atoms with van der Waals surface area (Å²) in [5, 5.41) is 20.9. The van der Waals surface area contributed by atoms with Gasteiger partial charge in [0.1, 0.15) is 5.41 Å². The Morgan fingerprint density at radius 1 is 1.38 bits per heavy atom. The van der Waals surface area contributed by atoms with Crippen LogP contribution in [0.25, 0.3) is 0 Å². The number of allylic oxidation sites excluding steroid dienone is 2. The van der Waals surface area contributed by atoms with Crippen LogP contribution in [0.2, 0.25) is 0 Å². The van der Waals surface area contributed by atoms with Crippen LogP contribution in [0, 0.1) is 23.2 Å². The Morgan fingerprint density at radius 3 is 2.86 bits per heavy atom. The molecule has 1 N–H and O–H groups in total. The van der Waals surface area contributed by atoms with Gasteiger partial charge in [0.05, 0.1) is 12.2 Å². The molecule has 0 bridgehead atoms. The van der Waals surface area contributed by atoms with Crippen LogP contribution in [-0.4, -0.2) is 11.2 Å². The molecule has 4 unspecified atom stereocenters. The summed E-state index contributed by atoms with van der Waals surface area (Å²) >= 11 is 0. The van der Waals surface area contributed by atoms with Gasteiger partial charge in [-0.2, -0.15) is 5.26 Å². The van der Waals surface area contributed by atoms with E-state index in [0.717, 1.165) is 31.2 Å². The molecule has 0 spiro atoms. The maximum Gasteiger partial charge on any atom is 0.109 e. The van der Waals surface area contributed by atoms with E-state index in [2.05, 4.69) is 32.1 Å². The minimum absolute atomic E-state index is 0.191. The molecule has 4 atom stereocenters. The Kier molecular flexibility index (Phi) is 3.63. The third kappa shape index (κ3) is 2.30. The molecule has 2 heteroatoms. The van der Waals surface area contributed by atoms with Crippen LogP contribution in [0.4, 0.5) is 0 Å². The van der Waals surface area contributed by atoms with E-state index in [1.54, 1.807) is 0 Å². The molecular weight excluding hydrogens is 258 g/mol. The Balaban J connectivity index is 1.95. The molecule has 21 heavy (non-hydrogen) atoms. The maximum absolute atomic E-state index is 11.1. The first-order valence-corrected chi connectivity index (χ1v) is 7.92. The smallest absolute Gasteiger partial charge is 0.109 e. The molecule has 1 aromatic rings. The fraction of sp³-hybridized carbons (Fsp3) is 0.526. The summed E-state index contributed by atoms with van der Waals surface area (Å²) in [4.78, 5) is 0. The number of rotatable bonds is 2. The molecule has 0 aliphatic heterocycles. The Labute approximate surface area is 127 Å². The van der Waals surface area contributed by atoms with Crippen molar-refractivity contribution < 1.29 is 5.11 Å².